The van der Waals surface area contributed by atoms with Crippen LogP contribution in [0.25, 0.3) is 0 Å². The molecule has 2 N–H and O–H groups in total. The number of rotatable bonds is 4. The van der Waals surface area contributed by atoms with Crippen LogP contribution in [0.1, 0.15) is 5.56 Å². The molecule has 0 fully saturated rings. The minimum atomic E-state index is -0.657. The molecule has 0 amide bonds. The van der Waals surface area contributed by atoms with Crippen LogP contribution in [0.4, 0.5) is 0 Å². The molecule has 15 heavy (non-hydrogen) atoms. The van der Waals surface area contributed by atoms with Gasteiger partial charge in [-0.05, 0) is 6.07 Å². The predicted molar refractivity (Wildman–Crippen MR) is 65.8 cm³/mol. The van der Waals surface area contributed by atoms with E-state index in [0.29, 0.717) is 0 Å². The molecule has 0 aliphatic heterocycles. The Hall–Kier alpha value is -0.520. The lowest BCUT2D eigenvalue weighted by molar-refractivity contribution is -0.145. The van der Waals surface area contributed by atoms with Crippen LogP contribution < -0.4 is 5.73 Å². The Bertz CT molecular complexity index is 346. The molecule has 0 radical (unpaired) electrons. The first-order chi connectivity index (χ1) is 7.15. The van der Waals surface area contributed by atoms with E-state index >= 15 is 0 Å². The number of ether oxygens (including phenoxy) is 1. The third-order valence-electron chi connectivity index (χ3n) is 1.83. The normalized spacial score (nSPS) is 12.2. The monoisotopic (exact) mass is 289 g/mol. The summed E-state index contributed by atoms with van der Waals surface area (Å²) in [6.45, 7) is 0.224. The second kappa shape index (κ2) is 6.15. The first kappa shape index (κ1) is 12.5. The fourth-order valence-electron chi connectivity index (χ4n) is 0.946. The molecule has 0 aliphatic rings. The standard InChI is InChI=1S/C10H12BrNO2S/c11-8-4-2-1-3-7(8)5-14-10(13)9(12)6-15/h1-4,9,15H,5-6,12H2. The highest BCUT2D eigenvalue weighted by molar-refractivity contribution is 9.10. The van der Waals surface area contributed by atoms with Crippen molar-refractivity contribution in [3.63, 3.8) is 0 Å². The van der Waals surface area contributed by atoms with Crippen molar-refractivity contribution in [1.82, 2.24) is 0 Å². The first-order valence-corrected chi connectivity index (χ1v) is 5.84. The summed E-state index contributed by atoms with van der Waals surface area (Å²) in [6.07, 6.45) is 0. The maximum Gasteiger partial charge on any atom is 0.324 e. The van der Waals surface area contributed by atoms with Gasteiger partial charge in [-0.25, -0.2) is 0 Å². The fourth-order valence-corrected chi connectivity index (χ4v) is 1.49. The Kier molecular flexibility index (Phi) is 5.14. The number of carbonyl (C=O) groups excluding carboxylic acids is 1. The van der Waals surface area contributed by atoms with Gasteiger partial charge in [0.25, 0.3) is 0 Å². The van der Waals surface area contributed by atoms with Gasteiger partial charge >= 0.3 is 5.97 Å². The molecule has 0 bridgehead atoms. The number of halogens is 1. The predicted octanol–water partition coefficient (Wildman–Crippen LogP) is 1.75. The second-order valence-electron chi connectivity index (χ2n) is 2.99. The summed E-state index contributed by atoms with van der Waals surface area (Å²) in [4.78, 5) is 11.2. The van der Waals surface area contributed by atoms with Crippen molar-refractivity contribution in [1.29, 1.82) is 0 Å². The van der Waals surface area contributed by atoms with Gasteiger partial charge in [0.15, 0.2) is 0 Å². The zero-order chi connectivity index (χ0) is 11.3. The molecule has 0 aromatic heterocycles. The highest BCUT2D eigenvalue weighted by Crippen LogP contribution is 2.16. The number of thiol groups is 1. The number of benzene rings is 1. The summed E-state index contributed by atoms with van der Waals surface area (Å²) in [5.74, 6) is -0.143. The van der Waals surface area contributed by atoms with Gasteiger partial charge in [-0.1, -0.05) is 34.1 Å². The zero-order valence-electron chi connectivity index (χ0n) is 8.02. The van der Waals surface area contributed by atoms with Crippen LogP contribution in [-0.2, 0) is 16.1 Å². The molecule has 3 nitrogen and oxygen atoms in total. The van der Waals surface area contributed by atoms with Gasteiger partial charge in [0.2, 0.25) is 0 Å². The largest absolute Gasteiger partial charge is 0.460 e. The van der Waals surface area contributed by atoms with Crippen LogP contribution in [0.5, 0.6) is 0 Å². The zero-order valence-corrected chi connectivity index (χ0v) is 10.5. The maximum atomic E-state index is 11.2. The molecule has 1 aromatic rings. The van der Waals surface area contributed by atoms with E-state index in [1.54, 1.807) is 0 Å². The molecule has 5 heteroatoms. The number of hydrogen-bond acceptors (Lipinski definition) is 4. The Balaban J connectivity index is 2.51. The molecule has 0 spiro atoms. The number of carbonyl (C=O) groups is 1. The summed E-state index contributed by atoms with van der Waals surface area (Å²) in [7, 11) is 0. The van der Waals surface area contributed by atoms with E-state index < -0.39 is 12.0 Å². The lowest BCUT2D eigenvalue weighted by Crippen LogP contribution is -2.33. The maximum absolute atomic E-state index is 11.2. The van der Waals surface area contributed by atoms with Gasteiger partial charge in [0, 0.05) is 15.8 Å². The van der Waals surface area contributed by atoms with Crippen molar-refractivity contribution in [3.8, 4) is 0 Å². The molecule has 0 saturated carbocycles. The van der Waals surface area contributed by atoms with Crippen molar-refractivity contribution < 1.29 is 9.53 Å². The summed E-state index contributed by atoms with van der Waals surface area (Å²) in [6, 6.07) is 6.89. The van der Waals surface area contributed by atoms with E-state index in [2.05, 4.69) is 28.6 Å². The average Bonchev–Trinajstić information content (AvgIpc) is 2.26. The van der Waals surface area contributed by atoms with E-state index in [0.717, 1.165) is 10.0 Å². The summed E-state index contributed by atoms with van der Waals surface area (Å²) in [5.41, 5.74) is 6.37. The molecule has 1 rings (SSSR count). The number of esters is 1. The van der Waals surface area contributed by atoms with Gasteiger partial charge in [-0.2, -0.15) is 12.6 Å². The van der Waals surface area contributed by atoms with Crippen LogP contribution in [0.15, 0.2) is 28.7 Å². The minimum Gasteiger partial charge on any atom is -0.460 e. The van der Waals surface area contributed by atoms with Gasteiger partial charge in [-0.15, -0.1) is 0 Å². The van der Waals surface area contributed by atoms with E-state index in [1.165, 1.54) is 0 Å². The lowest BCUT2D eigenvalue weighted by atomic mass is 10.2. The van der Waals surface area contributed by atoms with Crippen molar-refractivity contribution in [2.24, 2.45) is 5.73 Å². The van der Waals surface area contributed by atoms with Crippen molar-refractivity contribution in [2.75, 3.05) is 5.75 Å². The molecule has 1 aromatic carbocycles. The lowest BCUT2D eigenvalue weighted by Gasteiger charge is -2.09. The average molecular weight is 290 g/mol. The van der Waals surface area contributed by atoms with Crippen molar-refractivity contribution in [3.05, 3.63) is 34.3 Å². The van der Waals surface area contributed by atoms with Crippen LogP contribution in [0, 0.1) is 0 Å². The molecular weight excluding hydrogens is 278 g/mol. The molecular formula is C10H12BrNO2S. The number of nitrogens with two attached hydrogens (primary N) is 1. The second-order valence-corrected chi connectivity index (χ2v) is 4.21. The topological polar surface area (TPSA) is 52.3 Å². The summed E-state index contributed by atoms with van der Waals surface area (Å²) in [5, 5.41) is 0. The third kappa shape index (κ3) is 3.85. The number of hydrogen-bond donors (Lipinski definition) is 2. The van der Waals surface area contributed by atoms with E-state index in [1.807, 2.05) is 24.3 Å². The smallest absolute Gasteiger partial charge is 0.324 e. The molecule has 0 saturated heterocycles. The Labute approximate surface area is 103 Å². The molecule has 0 heterocycles. The Morgan fingerprint density at radius 1 is 1.53 bits per heavy atom. The Morgan fingerprint density at radius 3 is 2.80 bits per heavy atom. The van der Waals surface area contributed by atoms with Crippen LogP contribution in [0.2, 0.25) is 0 Å². The first-order valence-electron chi connectivity index (χ1n) is 4.41. The summed E-state index contributed by atoms with van der Waals surface area (Å²) < 4.78 is 5.93. The highest BCUT2D eigenvalue weighted by atomic mass is 79.9. The third-order valence-corrected chi connectivity index (χ3v) is 2.99. The van der Waals surface area contributed by atoms with Crippen molar-refractivity contribution in [2.45, 2.75) is 12.6 Å². The van der Waals surface area contributed by atoms with Gasteiger partial charge in [-0.3, -0.25) is 4.79 Å². The van der Waals surface area contributed by atoms with E-state index in [4.69, 9.17) is 10.5 Å². The van der Waals surface area contributed by atoms with Gasteiger partial charge < -0.3 is 10.5 Å². The quantitative estimate of drug-likeness (QED) is 0.656. The fraction of sp³-hybridized carbons (Fsp3) is 0.300. The van der Waals surface area contributed by atoms with Crippen LogP contribution >= 0.6 is 28.6 Å². The van der Waals surface area contributed by atoms with Crippen LogP contribution in [-0.4, -0.2) is 17.8 Å². The molecule has 82 valence electrons. The molecule has 0 aliphatic carbocycles. The molecule has 1 atom stereocenters. The SMILES string of the molecule is NC(CS)C(=O)OCc1ccccc1Br. The van der Waals surface area contributed by atoms with Gasteiger partial charge in [0.05, 0.1) is 0 Å². The van der Waals surface area contributed by atoms with Crippen LogP contribution in [0.3, 0.4) is 0 Å². The van der Waals surface area contributed by atoms with Gasteiger partial charge in [0.1, 0.15) is 12.6 Å². The van der Waals surface area contributed by atoms with E-state index in [-0.39, 0.29) is 12.4 Å². The summed E-state index contributed by atoms with van der Waals surface area (Å²) >= 11 is 7.28. The Morgan fingerprint density at radius 2 is 2.20 bits per heavy atom. The molecule has 1 unspecified atom stereocenters. The van der Waals surface area contributed by atoms with Crippen molar-refractivity contribution >= 4 is 34.5 Å². The van der Waals surface area contributed by atoms with E-state index in [9.17, 15) is 4.79 Å². The minimum absolute atomic E-state index is 0.224. The highest BCUT2D eigenvalue weighted by Gasteiger charge is 2.13.